The van der Waals surface area contributed by atoms with Gasteiger partial charge in [0.15, 0.2) is 11.8 Å². The van der Waals surface area contributed by atoms with Gasteiger partial charge in [0.05, 0.1) is 16.7 Å². The number of benzene rings is 1. The fraction of sp³-hybridized carbons (Fsp3) is 0. The first-order valence-corrected chi connectivity index (χ1v) is 5.93. The molecule has 0 amide bonds. The average molecular weight is 268 g/mol. The normalized spacial score (nSPS) is 10.6. The summed E-state index contributed by atoms with van der Waals surface area (Å²) in [6, 6.07) is 11.7. The molecule has 6 nitrogen and oxygen atoms in total. The van der Waals surface area contributed by atoms with Crippen molar-refractivity contribution >= 4 is 17.5 Å². The summed E-state index contributed by atoms with van der Waals surface area (Å²) in [5, 5.41) is 10.8. The Labute approximate surface area is 113 Å². The highest BCUT2D eigenvalue weighted by molar-refractivity contribution is 5.82. The van der Waals surface area contributed by atoms with Crippen molar-refractivity contribution in [1.82, 2.24) is 4.98 Å². The molecule has 3 aromatic rings. The van der Waals surface area contributed by atoms with Gasteiger partial charge in [-0.25, -0.2) is 4.98 Å². The van der Waals surface area contributed by atoms with Gasteiger partial charge in [-0.15, -0.1) is 0 Å². The largest absolute Gasteiger partial charge is 0.294 e. The summed E-state index contributed by atoms with van der Waals surface area (Å²) >= 11 is 0. The number of nitro benzene ring substituents is 1. The molecular weight excluding hydrogens is 258 g/mol. The lowest BCUT2D eigenvalue weighted by Gasteiger charge is -1.95. The van der Waals surface area contributed by atoms with Crippen molar-refractivity contribution in [2.75, 3.05) is 0 Å². The zero-order chi connectivity index (χ0) is 14.1. The third kappa shape index (κ3) is 1.83. The fourth-order valence-corrected chi connectivity index (χ4v) is 2.18. The van der Waals surface area contributed by atoms with E-state index in [4.69, 9.17) is 0 Å². The van der Waals surface area contributed by atoms with E-state index >= 15 is 0 Å². The molecule has 0 spiro atoms. The van der Waals surface area contributed by atoms with Crippen molar-refractivity contribution in [3.05, 3.63) is 64.5 Å². The Kier molecular flexibility index (Phi) is 2.76. The number of hydrogen-bond acceptors (Lipinski definition) is 3. The molecule has 1 aromatic carbocycles. The molecule has 0 aliphatic rings. The number of hydrogen-bond donors (Lipinski definition) is 1. The summed E-state index contributed by atoms with van der Waals surface area (Å²) in [4.78, 5) is 24.5. The first kappa shape index (κ1) is 12.0. The Morgan fingerprint density at radius 3 is 2.80 bits per heavy atom. The van der Waals surface area contributed by atoms with Crippen molar-refractivity contribution in [2.24, 2.45) is 0 Å². The van der Waals surface area contributed by atoms with Crippen LogP contribution in [0.3, 0.4) is 0 Å². The van der Waals surface area contributed by atoms with Crippen LogP contribution in [0.4, 0.5) is 5.69 Å². The molecule has 0 bridgehead atoms. The number of fused-ring (bicyclic) bond motifs is 1. The fourth-order valence-electron chi connectivity index (χ4n) is 2.18. The van der Waals surface area contributed by atoms with Crippen LogP contribution in [0.1, 0.15) is 10.5 Å². The maximum atomic E-state index is 11.1. The van der Waals surface area contributed by atoms with Crippen LogP contribution < -0.4 is 4.40 Å². The second kappa shape index (κ2) is 4.58. The van der Waals surface area contributed by atoms with Gasteiger partial charge in [0.25, 0.3) is 11.5 Å². The molecule has 0 aliphatic heterocycles. The van der Waals surface area contributed by atoms with E-state index in [0.717, 1.165) is 11.8 Å². The van der Waals surface area contributed by atoms with Crippen LogP contribution in [0, 0.1) is 10.1 Å². The molecule has 2 heterocycles. The number of non-ortho nitro benzene ring substituents is 1. The van der Waals surface area contributed by atoms with E-state index in [9.17, 15) is 14.9 Å². The summed E-state index contributed by atoms with van der Waals surface area (Å²) in [6.07, 6.45) is 2.53. The number of carbonyl (C=O) groups is 1. The van der Waals surface area contributed by atoms with Gasteiger partial charge in [0, 0.05) is 12.1 Å². The lowest BCUT2D eigenvalue weighted by atomic mass is 10.2. The number of nitrogens with zero attached hydrogens (tertiary/aromatic N) is 2. The molecule has 1 N–H and O–H groups in total. The molecule has 20 heavy (non-hydrogen) atoms. The third-order valence-electron chi connectivity index (χ3n) is 3.08. The molecule has 0 radical (unpaired) electrons. The SMILES string of the molecule is O=Cc1[nH]c(-c2cccc([N+](=O)[O-])c2)[n+]2ccccc12. The number of aldehydes is 1. The van der Waals surface area contributed by atoms with E-state index in [1.54, 1.807) is 28.8 Å². The first-order chi connectivity index (χ1) is 9.70. The van der Waals surface area contributed by atoms with Crippen LogP contribution >= 0.6 is 0 Å². The van der Waals surface area contributed by atoms with Crippen LogP contribution in [0.2, 0.25) is 0 Å². The maximum Gasteiger partial charge on any atom is 0.292 e. The van der Waals surface area contributed by atoms with E-state index in [1.807, 2.05) is 12.1 Å². The number of pyridine rings is 1. The summed E-state index contributed by atoms with van der Waals surface area (Å²) in [7, 11) is 0. The van der Waals surface area contributed by atoms with Crippen LogP contribution in [0.25, 0.3) is 16.9 Å². The molecule has 6 heteroatoms. The Morgan fingerprint density at radius 2 is 2.05 bits per heavy atom. The number of aromatic amines is 1. The smallest absolute Gasteiger partial charge is 0.292 e. The van der Waals surface area contributed by atoms with Gasteiger partial charge in [-0.05, 0) is 18.2 Å². The summed E-state index contributed by atoms with van der Waals surface area (Å²) < 4.78 is 1.79. The molecule has 98 valence electrons. The second-order valence-corrected chi connectivity index (χ2v) is 4.27. The molecular formula is C14H10N3O3+. The van der Waals surface area contributed by atoms with Gasteiger partial charge in [0.1, 0.15) is 0 Å². The van der Waals surface area contributed by atoms with Crippen molar-refractivity contribution < 1.29 is 14.1 Å². The topological polar surface area (TPSA) is 80.1 Å². The molecule has 0 unspecified atom stereocenters. The first-order valence-electron chi connectivity index (χ1n) is 5.93. The number of H-pyrrole nitrogens is 1. The Hall–Kier alpha value is -3.02. The molecule has 2 aromatic heterocycles. The number of rotatable bonds is 3. The van der Waals surface area contributed by atoms with Gasteiger partial charge in [-0.2, -0.15) is 4.40 Å². The zero-order valence-corrected chi connectivity index (χ0v) is 10.3. The number of nitro groups is 1. The number of aromatic nitrogens is 2. The van der Waals surface area contributed by atoms with Gasteiger partial charge in [-0.3, -0.25) is 14.9 Å². The van der Waals surface area contributed by atoms with Crippen molar-refractivity contribution in [3.8, 4) is 11.4 Å². The molecule has 3 rings (SSSR count). The summed E-state index contributed by atoms with van der Waals surface area (Å²) in [5.41, 5.74) is 1.82. The van der Waals surface area contributed by atoms with E-state index < -0.39 is 4.92 Å². The number of imidazole rings is 1. The van der Waals surface area contributed by atoms with Crippen molar-refractivity contribution in [3.63, 3.8) is 0 Å². The zero-order valence-electron chi connectivity index (χ0n) is 10.3. The molecule has 0 atom stereocenters. The van der Waals surface area contributed by atoms with Crippen LogP contribution in [-0.4, -0.2) is 16.2 Å². The number of carbonyl (C=O) groups excluding carboxylic acids is 1. The minimum atomic E-state index is -0.445. The molecule has 0 aliphatic carbocycles. The second-order valence-electron chi connectivity index (χ2n) is 4.27. The molecule has 0 saturated heterocycles. The standard InChI is InChI=1S/C14H9N3O3/c18-9-12-13-6-1-2-7-16(13)14(15-12)10-4-3-5-11(8-10)17(19)20/h1-9H/p+1. The highest BCUT2D eigenvalue weighted by Gasteiger charge is 2.20. The highest BCUT2D eigenvalue weighted by atomic mass is 16.6. The minimum absolute atomic E-state index is 0.00874. The van der Waals surface area contributed by atoms with E-state index in [-0.39, 0.29) is 5.69 Å². The predicted molar refractivity (Wildman–Crippen MR) is 71.4 cm³/mol. The predicted octanol–water partition coefficient (Wildman–Crippen LogP) is 2.14. The Balaban J connectivity index is 2.27. The van der Waals surface area contributed by atoms with Crippen LogP contribution in [0.5, 0.6) is 0 Å². The quantitative estimate of drug-likeness (QED) is 0.342. The van der Waals surface area contributed by atoms with Gasteiger partial charge in [0.2, 0.25) is 5.69 Å². The van der Waals surface area contributed by atoms with Crippen molar-refractivity contribution in [2.45, 2.75) is 0 Å². The molecule has 0 saturated carbocycles. The maximum absolute atomic E-state index is 11.1. The van der Waals surface area contributed by atoms with E-state index in [1.165, 1.54) is 12.1 Å². The minimum Gasteiger partial charge on any atom is -0.294 e. The molecule has 0 fully saturated rings. The van der Waals surface area contributed by atoms with Gasteiger partial charge in [-0.1, -0.05) is 12.1 Å². The lowest BCUT2D eigenvalue weighted by molar-refractivity contribution is -0.498. The summed E-state index contributed by atoms with van der Waals surface area (Å²) in [6.45, 7) is 0. The van der Waals surface area contributed by atoms with E-state index in [2.05, 4.69) is 4.98 Å². The highest BCUT2D eigenvalue weighted by Crippen LogP contribution is 2.21. The lowest BCUT2D eigenvalue weighted by Crippen LogP contribution is -2.21. The number of nitrogens with one attached hydrogen (secondary N) is 1. The Morgan fingerprint density at radius 1 is 1.20 bits per heavy atom. The van der Waals surface area contributed by atoms with Gasteiger partial charge < -0.3 is 0 Å². The summed E-state index contributed by atoms with van der Waals surface area (Å²) in [5.74, 6) is 0.631. The monoisotopic (exact) mass is 268 g/mol. The average Bonchev–Trinajstić information content (AvgIpc) is 2.86. The van der Waals surface area contributed by atoms with Crippen LogP contribution in [-0.2, 0) is 0 Å². The third-order valence-corrected chi connectivity index (χ3v) is 3.08. The van der Waals surface area contributed by atoms with Crippen molar-refractivity contribution in [1.29, 1.82) is 0 Å². The van der Waals surface area contributed by atoms with E-state index in [0.29, 0.717) is 17.1 Å². The van der Waals surface area contributed by atoms with Crippen LogP contribution in [0.15, 0.2) is 48.7 Å². The Bertz CT molecular complexity index is 823. The van der Waals surface area contributed by atoms with Gasteiger partial charge >= 0.3 is 0 Å².